The fraction of sp³-hybridized carbons (Fsp3) is 0.538. The van der Waals surface area contributed by atoms with Crippen LogP contribution in [0.4, 0.5) is 5.95 Å². The van der Waals surface area contributed by atoms with Crippen LogP contribution in [0.3, 0.4) is 0 Å². The van der Waals surface area contributed by atoms with Crippen LogP contribution >= 0.6 is 11.8 Å². The number of nitrogens with one attached hydrogen (secondary N) is 1. The maximum atomic E-state index is 4.48. The molecule has 0 aromatic carbocycles. The number of aromatic nitrogens is 3. The number of nitrogens with zero attached hydrogens (tertiary/aromatic N) is 3. The first-order valence-corrected chi connectivity index (χ1v) is 7.75. The quantitative estimate of drug-likeness (QED) is 0.781. The van der Waals surface area contributed by atoms with E-state index in [2.05, 4.69) is 34.6 Å². The summed E-state index contributed by atoms with van der Waals surface area (Å²) >= 11 is 1.91. The number of pyridine rings is 1. The highest BCUT2D eigenvalue weighted by Gasteiger charge is 2.03. The molecule has 0 saturated heterocycles. The van der Waals surface area contributed by atoms with E-state index in [1.165, 1.54) is 25.0 Å². The van der Waals surface area contributed by atoms with E-state index in [0.29, 0.717) is 0 Å². The largest absolute Gasteiger partial charge is 0.353 e. The van der Waals surface area contributed by atoms with Crippen LogP contribution in [-0.2, 0) is 0 Å². The van der Waals surface area contributed by atoms with Crippen LogP contribution in [-0.4, -0.2) is 33.2 Å². The molecule has 0 radical (unpaired) electrons. The van der Waals surface area contributed by atoms with Crippen LogP contribution in [0, 0.1) is 6.92 Å². The molecule has 0 atom stereocenters. The van der Waals surface area contributed by atoms with Crippen LogP contribution in [0.15, 0.2) is 18.3 Å². The SMILES string of the molecule is CSCCCCCNc1nc2c(C)cccn2n1. The Balaban J connectivity index is 1.83. The molecule has 0 spiro atoms. The number of unbranched alkanes of at least 4 members (excludes halogenated alkanes) is 2. The average molecular weight is 264 g/mol. The lowest BCUT2D eigenvalue weighted by Gasteiger charge is -2.00. The molecule has 18 heavy (non-hydrogen) atoms. The molecule has 0 bridgehead atoms. The topological polar surface area (TPSA) is 42.2 Å². The van der Waals surface area contributed by atoms with Crippen LogP contribution in [0.5, 0.6) is 0 Å². The molecule has 98 valence electrons. The third-order valence-corrected chi connectivity index (χ3v) is 3.56. The molecule has 2 heterocycles. The standard InChI is InChI=1S/C13H20N4S/c1-11-7-6-9-17-12(11)15-13(16-17)14-8-4-3-5-10-18-2/h6-7,9H,3-5,8,10H2,1-2H3,(H,14,16). The summed E-state index contributed by atoms with van der Waals surface area (Å²) in [5.41, 5.74) is 2.08. The second-order valence-electron chi connectivity index (χ2n) is 4.38. The molecule has 0 unspecified atom stereocenters. The van der Waals surface area contributed by atoms with Crippen molar-refractivity contribution in [2.24, 2.45) is 0 Å². The lowest BCUT2D eigenvalue weighted by molar-refractivity contribution is 0.746. The molecule has 0 aliphatic carbocycles. The summed E-state index contributed by atoms with van der Waals surface area (Å²) in [5, 5.41) is 7.69. The number of anilines is 1. The van der Waals surface area contributed by atoms with E-state index >= 15 is 0 Å². The fourth-order valence-corrected chi connectivity index (χ4v) is 2.36. The molecule has 0 fully saturated rings. The molecular formula is C13H20N4S. The van der Waals surface area contributed by atoms with E-state index in [9.17, 15) is 0 Å². The zero-order valence-electron chi connectivity index (χ0n) is 11.0. The van der Waals surface area contributed by atoms with Crippen molar-refractivity contribution in [3.63, 3.8) is 0 Å². The zero-order chi connectivity index (χ0) is 12.8. The highest BCUT2D eigenvalue weighted by Crippen LogP contribution is 2.10. The fourth-order valence-electron chi connectivity index (χ4n) is 1.86. The van der Waals surface area contributed by atoms with Gasteiger partial charge in [-0.05, 0) is 43.4 Å². The van der Waals surface area contributed by atoms with Gasteiger partial charge in [0.2, 0.25) is 5.95 Å². The Morgan fingerprint density at radius 1 is 1.33 bits per heavy atom. The minimum atomic E-state index is 0.731. The van der Waals surface area contributed by atoms with Gasteiger partial charge in [-0.25, -0.2) is 4.52 Å². The number of thioether (sulfide) groups is 1. The monoisotopic (exact) mass is 264 g/mol. The molecule has 0 aliphatic heterocycles. The minimum absolute atomic E-state index is 0.731. The zero-order valence-corrected chi connectivity index (χ0v) is 11.8. The smallest absolute Gasteiger partial charge is 0.243 e. The van der Waals surface area contributed by atoms with Crippen molar-refractivity contribution in [2.45, 2.75) is 26.2 Å². The Morgan fingerprint density at radius 3 is 3.00 bits per heavy atom. The number of hydrogen-bond donors (Lipinski definition) is 1. The maximum absolute atomic E-state index is 4.48. The molecule has 4 nitrogen and oxygen atoms in total. The van der Waals surface area contributed by atoms with Gasteiger partial charge in [0.1, 0.15) is 0 Å². The van der Waals surface area contributed by atoms with Crippen LogP contribution in [0.25, 0.3) is 5.65 Å². The van der Waals surface area contributed by atoms with Crippen molar-refractivity contribution >= 4 is 23.4 Å². The molecule has 1 N–H and O–H groups in total. The predicted molar refractivity (Wildman–Crippen MR) is 78.4 cm³/mol. The number of fused-ring (bicyclic) bond motifs is 1. The minimum Gasteiger partial charge on any atom is -0.353 e. The van der Waals surface area contributed by atoms with Crippen molar-refractivity contribution < 1.29 is 0 Å². The van der Waals surface area contributed by atoms with E-state index in [1.807, 2.05) is 28.5 Å². The van der Waals surface area contributed by atoms with Gasteiger partial charge in [-0.2, -0.15) is 16.7 Å². The van der Waals surface area contributed by atoms with Gasteiger partial charge in [0.05, 0.1) is 0 Å². The van der Waals surface area contributed by atoms with E-state index in [0.717, 1.165) is 23.7 Å². The maximum Gasteiger partial charge on any atom is 0.243 e. The Labute approximate surface area is 112 Å². The van der Waals surface area contributed by atoms with Crippen LogP contribution < -0.4 is 5.32 Å². The highest BCUT2D eigenvalue weighted by molar-refractivity contribution is 7.98. The lowest BCUT2D eigenvalue weighted by atomic mass is 10.2. The first kappa shape index (κ1) is 13.2. The number of rotatable bonds is 7. The van der Waals surface area contributed by atoms with Crippen molar-refractivity contribution in [1.82, 2.24) is 14.6 Å². The summed E-state index contributed by atoms with van der Waals surface area (Å²) in [6.45, 7) is 3.00. The molecule has 2 aromatic rings. The Kier molecular flexibility index (Phi) is 4.87. The third kappa shape index (κ3) is 3.38. The van der Waals surface area contributed by atoms with Gasteiger partial charge in [-0.1, -0.05) is 12.5 Å². The van der Waals surface area contributed by atoms with Gasteiger partial charge in [0.15, 0.2) is 5.65 Å². The third-order valence-electron chi connectivity index (χ3n) is 2.87. The van der Waals surface area contributed by atoms with Crippen LogP contribution in [0.1, 0.15) is 24.8 Å². The number of aryl methyl sites for hydroxylation is 1. The summed E-state index contributed by atoms with van der Waals surface area (Å²) in [4.78, 5) is 4.48. The summed E-state index contributed by atoms with van der Waals surface area (Å²) in [5.74, 6) is 1.99. The molecule has 0 saturated carbocycles. The molecular weight excluding hydrogens is 244 g/mol. The molecule has 0 amide bonds. The summed E-state index contributed by atoms with van der Waals surface area (Å²) in [6, 6.07) is 4.04. The van der Waals surface area contributed by atoms with Gasteiger partial charge in [0.25, 0.3) is 0 Å². The summed E-state index contributed by atoms with van der Waals surface area (Å²) in [6.07, 6.45) is 7.82. The van der Waals surface area contributed by atoms with Gasteiger partial charge in [-0.15, -0.1) is 5.10 Å². The Morgan fingerprint density at radius 2 is 2.22 bits per heavy atom. The Bertz CT molecular complexity index is 495. The predicted octanol–water partition coefficient (Wildman–Crippen LogP) is 2.98. The van der Waals surface area contributed by atoms with E-state index < -0.39 is 0 Å². The number of hydrogen-bond acceptors (Lipinski definition) is 4. The first-order chi connectivity index (χ1) is 8.81. The summed E-state index contributed by atoms with van der Waals surface area (Å²) < 4.78 is 1.82. The lowest BCUT2D eigenvalue weighted by Crippen LogP contribution is -2.03. The summed E-state index contributed by atoms with van der Waals surface area (Å²) in [7, 11) is 0. The second kappa shape index (κ2) is 6.64. The van der Waals surface area contributed by atoms with Crippen molar-refractivity contribution in [2.75, 3.05) is 23.9 Å². The van der Waals surface area contributed by atoms with Crippen molar-refractivity contribution in [1.29, 1.82) is 0 Å². The Hall–Kier alpha value is -1.23. The van der Waals surface area contributed by atoms with E-state index in [4.69, 9.17) is 0 Å². The van der Waals surface area contributed by atoms with Crippen LogP contribution in [0.2, 0.25) is 0 Å². The molecule has 5 heteroatoms. The highest BCUT2D eigenvalue weighted by atomic mass is 32.2. The molecule has 2 aromatic heterocycles. The normalized spacial score (nSPS) is 11.0. The van der Waals surface area contributed by atoms with Gasteiger partial charge in [0, 0.05) is 12.7 Å². The van der Waals surface area contributed by atoms with E-state index in [-0.39, 0.29) is 0 Å². The van der Waals surface area contributed by atoms with Crippen molar-refractivity contribution in [3.05, 3.63) is 23.9 Å². The van der Waals surface area contributed by atoms with E-state index in [1.54, 1.807) is 0 Å². The second-order valence-corrected chi connectivity index (χ2v) is 5.36. The van der Waals surface area contributed by atoms with Crippen molar-refractivity contribution in [3.8, 4) is 0 Å². The van der Waals surface area contributed by atoms with Gasteiger partial charge in [-0.3, -0.25) is 0 Å². The van der Waals surface area contributed by atoms with Gasteiger partial charge >= 0.3 is 0 Å². The first-order valence-electron chi connectivity index (χ1n) is 6.36. The molecule has 0 aliphatic rings. The van der Waals surface area contributed by atoms with Gasteiger partial charge < -0.3 is 5.32 Å². The molecule has 2 rings (SSSR count). The average Bonchev–Trinajstić information content (AvgIpc) is 2.78.